The van der Waals surface area contributed by atoms with E-state index in [4.69, 9.17) is 11.6 Å². The molecule has 0 aromatic rings. The molecule has 0 aromatic heterocycles. The van der Waals surface area contributed by atoms with Gasteiger partial charge in [0.25, 0.3) is 0 Å². The van der Waals surface area contributed by atoms with Crippen molar-refractivity contribution < 1.29 is 0 Å². The minimum atomic E-state index is -1.13. The third-order valence-corrected chi connectivity index (χ3v) is 4.61. The lowest BCUT2D eigenvalue weighted by Gasteiger charge is -2.12. The molecular formula is C6H13ClSi. The first-order chi connectivity index (χ1) is 3.48. The summed E-state index contributed by atoms with van der Waals surface area (Å²) in [5, 5.41) is 0. The maximum atomic E-state index is 5.86. The summed E-state index contributed by atoms with van der Waals surface area (Å²) in [6.07, 6.45) is 1.99. The highest BCUT2D eigenvalue weighted by Gasteiger charge is 2.15. The van der Waals surface area contributed by atoms with E-state index in [-0.39, 0.29) is 0 Å². The quantitative estimate of drug-likeness (QED) is 0.502. The van der Waals surface area contributed by atoms with Crippen LogP contribution in [0.3, 0.4) is 0 Å². The molecule has 48 valence electrons. The lowest BCUT2D eigenvalue weighted by atomic mass is 10.8. The Labute approximate surface area is 57.6 Å². The summed E-state index contributed by atoms with van der Waals surface area (Å²) in [5.41, 5.74) is 0. The van der Waals surface area contributed by atoms with Crippen LogP contribution in [0, 0.1) is 0 Å². The molecule has 0 heterocycles. The van der Waals surface area contributed by atoms with Crippen molar-refractivity contribution in [2.24, 2.45) is 0 Å². The van der Waals surface area contributed by atoms with Gasteiger partial charge in [-0.25, -0.2) is 0 Å². The monoisotopic (exact) mass is 148 g/mol. The number of rotatable bonds is 1. The Hall–Kier alpha value is 0.247. The van der Waals surface area contributed by atoms with E-state index in [1.165, 1.54) is 0 Å². The Morgan fingerprint density at radius 3 is 1.75 bits per heavy atom. The topological polar surface area (TPSA) is 0 Å². The number of halogens is 1. The summed E-state index contributed by atoms with van der Waals surface area (Å²) < 4.78 is 1.07. The lowest BCUT2D eigenvalue weighted by molar-refractivity contribution is 1.67. The Morgan fingerprint density at radius 2 is 1.75 bits per heavy atom. The molecule has 0 saturated heterocycles. The summed E-state index contributed by atoms with van der Waals surface area (Å²) in [6.45, 7) is 8.68. The molecule has 0 aliphatic rings. The molecule has 0 nitrogen and oxygen atoms in total. The average Bonchev–Trinajstić information content (AvgIpc) is 1.62. The molecule has 0 radical (unpaired) electrons. The maximum absolute atomic E-state index is 5.86. The van der Waals surface area contributed by atoms with Gasteiger partial charge in [-0.15, -0.1) is 0 Å². The van der Waals surface area contributed by atoms with Crippen molar-refractivity contribution >= 4 is 19.7 Å². The number of allylic oxidation sites excluding steroid dienone is 1. The van der Waals surface area contributed by atoms with E-state index in [1.807, 2.05) is 13.0 Å². The standard InChI is InChI=1S/C6H13ClSi/c1-5-6(7)8(2,3)4/h5H,1-4H3. The molecule has 0 bridgehead atoms. The van der Waals surface area contributed by atoms with Gasteiger partial charge in [0, 0.05) is 0 Å². The Kier molecular flexibility index (Phi) is 2.78. The van der Waals surface area contributed by atoms with Crippen molar-refractivity contribution in [3.63, 3.8) is 0 Å². The zero-order chi connectivity index (χ0) is 6.78. The van der Waals surface area contributed by atoms with Crippen LogP contribution < -0.4 is 0 Å². The van der Waals surface area contributed by atoms with E-state index in [9.17, 15) is 0 Å². The van der Waals surface area contributed by atoms with Crippen LogP contribution in [0.4, 0.5) is 0 Å². The van der Waals surface area contributed by atoms with Crippen LogP contribution in [0.15, 0.2) is 10.7 Å². The molecule has 0 N–H and O–H groups in total. The van der Waals surface area contributed by atoms with Crippen molar-refractivity contribution in [3.05, 3.63) is 10.7 Å². The molecule has 2 heteroatoms. The highest BCUT2D eigenvalue weighted by molar-refractivity contribution is 6.91. The fourth-order valence-corrected chi connectivity index (χ4v) is 1.30. The minimum Gasteiger partial charge on any atom is -0.0946 e. The summed E-state index contributed by atoms with van der Waals surface area (Å²) in [5.74, 6) is 0. The highest BCUT2D eigenvalue weighted by Crippen LogP contribution is 2.17. The van der Waals surface area contributed by atoms with E-state index >= 15 is 0 Å². The molecule has 0 aliphatic heterocycles. The van der Waals surface area contributed by atoms with Crippen LogP contribution in [0.25, 0.3) is 0 Å². The molecule has 0 atom stereocenters. The van der Waals surface area contributed by atoms with Gasteiger partial charge in [0.2, 0.25) is 0 Å². The second kappa shape index (κ2) is 2.69. The number of hydrogen-bond donors (Lipinski definition) is 0. The normalized spacial score (nSPS) is 14.4. The second-order valence-corrected chi connectivity index (χ2v) is 8.65. The van der Waals surface area contributed by atoms with Gasteiger partial charge in [-0.2, -0.15) is 0 Å². The van der Waals surface area contributed by atoms with Crippen LogP contribution in [0.1, 0.15) is 6.92 Å². The summed E-state index contributed by atoms with van der Waals surface area (Å²) >= 11 is 5.86. The Balaban J connectivity index is 4.03. The third kappa shape index (κ3) is 2.53. The van der Waals surface area contributed by atoms with E-state index in [0.29, 0.717) is 0 Å². The van der Waals surface area contributed by atoms with Gasteiger partial charge in [-0.05, 0) is 11.6 Å². The summed E-state index contributed by atoms with van der Waals surface area (Å²) in [6, 6.07) is 0. The van der Waals surface area contributed by atoms with Crippen molar-refractivity contribution in [2.75, 3.05) is 0 Å². The largest absolute Gasteiger partial charge is 0.0946 e. The zero-order valence-corrected chi connectivity index (χ0v) is 7.71. The number of hydrogen-bond acceptors (Lipinski definition) is 0. The molecule has 0 saturated carbocycles. The summed E-state index contributed by atoms with van der Waals surface area (Å²) in [4.78, 5) is 0. The molecule has 0 fully saturated rings. The van der Waals surface area contributed by atoms with Crippen molar-refractivity contribution in [3.8, 4) is 0 Å². The third-order valence-electron chi connectivity index (χ3n) is 0.970. The zero-order valence-electron chi connectivity index (χ0n) is 5.96. The van der Waals surface area contributed by atoms with Crippen LogP contribution in [-0.2, 0) is 0 Å². The van der Waals surface area contributed by atoms with Crippen molar-refractivity contribution in [1.29, 1.82) is 0 Å². The van der Waals surface area contributed by atoms with Gasteiger partial charge in [0.1, 0.15) is 0 Å². The van der Waals surface area contributed by atoms with E-state index in [0.717, 1.165) is 4.66 Å². The second-order valence-electron chi connectivity index (χ2n) is 2.89. The molecule has 0 unspecified atom stereocenters. The van der Waals surface area contributed by atoms with Gasteiger partial charge in [0.05, 0.1) is 8.07 Å². The maximum Gasteiger partial charge on any atom is 0.0917 e. The SMILES string of the molecule is CC=C(Cl)[Si](C)(C)C. The smallest absolute Gasteiger partial charge is 0.0917 e. The van der Waals surface area contributed by atoms with Crippen LogP contribution in [0.2, 0.25) is 19.6 Å². The first kappa shape index (κ1) is 8.25. The van der Waals surface area contributed by atoms with Gasteiger partial charge in [0.15, 0.2) is 0 Å². The van der Waals surface area contributed by atoms with Gasteiger partial charge in [-0.3, -0.25) is 0 Å². The minimum absolute atomic E-state index is 1.07. The Morgan fingerprint density at radius 1 is 1.38 bits per heavy atom. The van der Waals surface area contributed by atoms with Crippen LogP contribution >= 0.6 is 11.6 Å². The molecule has 0 amide bonds. The fraction of sp³-hybridized carbons (Fsp3) is 0.667. The predicted octanol–water partition coefficient (Wildman–Crippen LogP) is 3.01. The summed E-state index contributed by atoms with van der Waals surface area (Å²) in [7, 11) is -1.13. The fourth-order valence-electron chi connectivity index (χ4n) is 0.433. The first-order valence-corrected chi connectivity index (χ1v) is 6.68. The predicted molar refractivity (Wildman–Crippen MR) is 43.0 cm³/mol. The van der Waals surface area contributed by atoms with Crippen molar-refractivity contribution in [2.45, 2.75) is 26.6 Å². The average molecular weight is 149 g/mol. The molecular weight excluding hydrogens is 136 g/mol. The Bertz CT molecular complexity index is 99.6. The van der Waals surface area contributed by atoms with E-state index < -0.39 is 8.07 Å². The lowest BCUT2D eigenvalue weighted by Crippen LogP contribution is -2.20. The first-order valence-electron chi connectivity index (χ1n) is 2.81. The van der Waals surface area contributed by atoms with Crippen LogP contribution in [-0.4, -0.2) is 8.07 Å². The van der Waals surface area contributed by atoms with E-state index in [1.54, 1.807) is 0 Å². The van der Waals surface area contributed by atoms with Crippen LogP contribution in [0.5, 0.6) is 0 Å². The molecule has 0 rings (SSSR count). The highest BCUT2D eigenvalue weighted by atomic mass is 35.5. The van der Waals surface area contributed by atoms with Crippen molar-refractivity contribution in [1.82, 2.24) is 0 Å². The molecule has 0 aliphatic carbocycles. The molecule has 8 heavy (non-hydrogen) atoms. The molecule has 0 spiro atoms. The molecule has 0 aromatic carbocycles. The van der Waals surface area contributed by atoms with Gasteiger partial charge in [-0.1, -0.05) is 37.3 Å². The van der Waals surface area contributed by atoms with Gasteiger partial charge < -0.3 is 0 Å². The van der Waals surface area contributed by atoms with E-state index in [2.05, 4.69) is 19.6 Å². The van der Waals surface area contributed by atoms with Gasteiger partial charge >= 0.3 is 0 Å².